The van der Waals surface area contributed by atoms with Crippen molar-refractivity contribution in [1.29, 1.82) is 0 Å². The van der Waals surface area contributed by atoms with Gasteiger partial charge >= 0.3 is 0 Å². The van der Waals surface area contributed by atoms with Gasteiger partial charge in [-0.25, -0.2) is 0 Å². The van der Waals surface area contributed by atoms with Crippen molar-refractivity contribution in [1.82, 2.24) is 4.90 Å². The molecule has 1 aliphatic heterocycles. The maximum Gasteiger partial charge on any atom is 0.249 e. The number of rotatable bonds is 2. The molecular weight excluding hydrogens is 210 g/mol. The van der Waals surface area contributed by atoms with E-state index in [2.05, 4.69) is 32.6 Å². The number of likely N-dealkylation sites (tertiary alicyclic amines) is 1. The zero-order valence-corrected chi connectivity index (χ0v) is 10.5. The maximum absolute atomic E-state index is 12.2. The molecule has 0 N–H and O–H groups in total. The first-order valence-electron chi connectivity index (χ1n) is 6.16. The predicted octanol–water partition coefficient (Wildman–Crippen LogP) is 3.31. The Kier molecular flexibility index (Phi) is 3.32. The first-order chi connectivity index (χ1) is 8.11. The lowest BCUT2D eigenvalue weighted by Gasteiger charge is -2.39. The summed E-state index contributed by atoms with van der Waals surface area (Å²) in [6.07, 6.45) is 1.85. The molecule has 1 amide bonds. The van der Waals surface area contributed by atoms with Gasteiger partial charge in [-0.2, -0.15) is 0 Å². The number of piperidine rings is 1. The normalized spacial score (nSPS) is 22.7. The van der Waals surface area contributed by atoms with Crippen LogP contribution >= 0.6 is 0 Å². The standard InChI is InChI=1S/C15H19NO/c1-11-9-10-12(2)16(15(11)17)13(3)14-7-5-4-6-8-14/h4-8,12-13H,1,9-10H2,2-3H3/t12?,13-/m1/s1. The number of hydrogen-bond acceptors (Lipinski definition) is 1. The Labute approximate surface area is 103 Å². The first kappa shape index (κ1) is 11.9. The lowest BCUT2D eigenvalue weighted by atomic mass is 9.95. The van der Waals surface area contributed by atoms with Crippen LogP contribution in [0.1, 0.15) is 38.3 Å². The molecule has 0 aromatic heterocycles. The van der Waals surface area contributed by atoms with Crippen LogP contribution in [-0.4, -0.2) is 16.8 Å². The van der Waals surface area contributed by atoms with Crippen molar-refractivity contribution in [2.75, 3.05) is 0 Å². The largest absolute Gasteiger partial charge is 0.329 e. The molecular formula is C15H19NO. The summed E-state index contributed by atoms with van der Waals surface area (Å²) in [6.45, 7) is 8.07. The number of carbonyl (C=O) groups excluding carboxylic acids is 1. The zero-order chi connectivity index (χ0) is 12.4. The van der Waals surface area contributed by atoms with Crippen molar-refractivity contribution in [3.8, 4) is 0 Å². The quantitative estimate of drug-likeness (QED) is 0.712. The Morgan fingerprint density at radius 2 is 2.00 bits per heavy atom. The molecule has 2 rings (SSSR count). The van der Waals surface area contributed by atoms with Gasteiger partial charge < -0.3 is 4.90 Å². The average Bonchev–Trinajstić information content (AvgIpc) is 2.35. The number of benzene rings is 1. The summed E-state index contributed by atoms with van der Waals surface area (Å²) in [5.74, 6) is 0.111. The van der Waals surface area contributed by atoms with Crippen molar-refractivity contribution in [3.05, 3.63) is 48.0 Å². The molecule has 0 aliphatic carbocycles. The molecule has 90 valence electrons. The van der Waals surface area contributed by atoms with Crippen LogP contribution < -0.4 is 0 Å². The summed E-state index contributed by atoms with van der Waals surface area (Å²) < 4.78 is 0. The van der Waals surface area contributed by atoms with E-state index in [9.17, 15) is 4.79 Å². The molecule has 1 aromatic carbocycles. The fourth-order valence-electron chi connectivity index (χ4n) is 2.46. The Morgan fingerprint density at radius 3 is 2.65 bits per heavy atom. The van der Waals surface area contributed by atoms with Crippen molar-refractivity contribution >= 4 is 5.91 Å². The van der Waals surface area contributed by atoms with E-state index in [0.717, 1.165) is 18.4 Å². The Balaban J connectivity index is 2.26. The first-order valence-corrected chi connectivity index (χ1v) is 6.16. The average molecular weight is 229 g/mol. The lowest BCUT2D eigenvalue weighted by molar-refractivity contribution is -0.133. The molecule has 0 saturated carbocycles. The molecule has 1 aromatic rings. The van der Waals surface area contributed by atoms with Gasteiger partial charge in [-0.05, 0) is 32.3 Å². The Hall–Kier alpha value is -1.57. The van der Waals surface area contributed by atoms with Crippen LogP contribution in [0.4, 0.5) is 0 Å². The number of amides is 1. The highest BCUT2D eigenvalue weighted by atomic mass is 16.2. The molecule has 1 unspecified atom stereocenters. The molecule has 0 spiro atoms. The highest BCUT2D eigenvalue weighted by Crippen LogP contribution is 2.30. The van der Waals surface area contributed by atoms with E-state index in [1.54, 1.807) is 0 Å². The molecule has 2 atom stereocenters. The van der Waals surface area contributed by atoms with Crippen LogP contribution in [0.15, 0.2) is 42.5 Å². The van der Waals surface area contributed by atoms with Crippen LogP contribution in [0.25, 0.3) is 0 Å². The molecule has 0 bridgehead atoms. The highest BCUT2D eigenvalue weighted by Gasteiger charge is 2.31. The SMILES string of the molecule is C=C1CCC(C)N([C@H](C)c2ccccc2)C1=O. The van der Waals surface area contributed by atoms with Gasteiger partial charge in [0.25, 0.3) is 0 Å². The summed E-state index contributed by atoms with van der Waals surface area (Å²) in [4.78, 5) is 14.1. The number of nitrogens with zero attached hydrogens (tertiary/aromatic N) is 1. The topological polar surface area (TPSA) is 20.3 Å². The van der Waals surface area contributed by atoms with E-state index in [4.69, 9.17) is 0 Å². The van der Waals surface area contributed by atoms with Crippen LogP contribution in [-0.2, 0) is 4.79 Å². The third-order valence-corrected chi connectivity index (χ3v) is 3.57. The number of hydrogen-bond donors (Lipinski definition) is 0. The second-order valence-corrected chi connectivity index (χ2v) is 4.79. The number of carbonyl (C=O) groups is 1. The minimum atomic E-state index is 0.111. The molecule has 1 aliphatic rings. The smallest absolute Gasteiger partial charge is 0.249 e. The minimum Gasteiger partial charge on any atom is -0.329 e. The Bertz CT molecular complexity index is 424. The van der Waals surface area contributed by atoms with Gasteiger partial charge in [0.05, 0.1) is 6.04 Å². The van der Waals surface area contributed by atoms with Crippen molar-refractivity contribution in [3.63, 3.8) is 0 Å². The lowest BCUT2D eigenvalue weighted by Crippen LogP contribution is -2.44. The second-order valence-electron chi connectivity index (χ2n) is 4.79. The third-order valence-electron chi connectivity index (χ3n) is 3.57. The Morgan fingerprint density at radius 1 is 1.35 bits per heavy atom. The maximum atomic E-state index is 12.2. The van der Waals surface area contributed by atoms with E-state index in [1.165, 1.54) is 5.56 Å². The van der Waals surface area contributed by atoms with Gasteiger partial charge in [0.15, 0.2) is 0 Å². The predicted molar refractivity (Wildman–Crippen MR) is 69.5 cm³/mol. The molecule has 2 heteroatoms. The van der Waals surface area contributed by atoms with Crippen molar-refractivity contribution < 1.29 is 4.79 Å². The molecule has 2 nitrogen and oxygen atoms in total. The van der Waals surface area contributed by atoms with Gasteiger partial charge in [0.1, 0.15) is 0 Å². The van der Waals surface area contributed by atoms with E-state index in [0.29, 0.717) is 6.04 Å². The van der Waals surface area contributed by atoms with Crippen LogP contribution in [0.3, 0.4) is 0 Å². The van der Waals surface area contributed by atoms with Gasteiger partial charge in [-0.15, -0.1) is 0 Å². The van der Waals surface area contributed by atoms with E-state index in [-0.39, 0.29) is 11.9 Å². The van der Waals surface area contributed by atoms with Crippen molar-refractivity contribution in [2.45, 2.75) is 38.8 Å². The van der Waals surface area contributed by atoms with Gasteiger partial charge in [0, 0.05) is 11.6 Å². The fourth-order valence-corrected chi connectivity index (χ4v) is 2.46. The van der Waals surface area contributed by atoms with Gasteiger partial charge in [-0.3, -0.25) is 4.79 Å². The van der Waals surface area contributed by atoms with E-state index in [1.807, 2.05) is 23.1 Å². The second kappa shape index (κ2) is 4.74. The molecule has 17 heavy (non-hydrogen) atoms. The third kappa shape index (κ3) is 2.26. The van der Waals surface area contributed by atoms with Crippen molar-refractivity contribution in [2.24, 2.45) is 0 Å². The summed E-state index contributed by atoms with van der Waals surface area (Å²) >= 11 is 0. The fraction of sp³-hybridized carbons (Fsp3) is 0.400. The summed E-state index contributed by atoms with van der Waals surface area (Å²) in [7, 11) is 0. The van der Waals surface area contributed by atoms with Gasteiger partial charge in [-0.1, -0.05) is 36.9 Å². The molecule has 1 saturated heterocycles. The highest BCUT2D eigenvalue weighted by molar-refractivity contribution is 5.94. The zero-order valence-electron chi connectivity index (χ0n) is 10.5. The monoisotopic (exact) mass is 229 g/mol. The van der Waals surface area contributed by atoms with Crippen LogP contribution in [0.5, 0.6) is 0 Å². The van der Waals surface area contributed by atoms with Gasteiger partial charge in [0.2, 0.25) is 5.91 Å². The summed E-state index contributed by atoms with van der Waals surface area (Å²) in [6, 6.07) is 10.6. The minimum absolute atomic E-state index is 0.111. The summed E-state index contributed by atoms with van der Waals surface area (Å²) in [5.41, 5.74) is 1.92. The van der Waals surface area contributed by atoms with Crippen LogP contribution in [0, 0.1) is 0 Å². The summed E-state index contributed by atoms with van der Waals surface area (Å²) in [5, 5.41) is 0. The molecule has 1 heterocycles. The van der Waals surface area contributed by atoms with Crippen LogP contribution in [0.2, 0.25) is 0 Å². The molecule has 1 fully saturated rings. The van der Waals surface area contributed by atoms with E-state index >= 15 is 0 Å². The van der Waals surface area contributed by atoms with E-state index < -0.39 is 0 Å². The molecule has 0 radical (unpaired) electrons.